The number of halogens is 3. The fourth-order valence-corrected chi connectivity index (χ4v) is 5.21. The minimum atomic E-state index is -4.70. The van der Waals surface area contributed by atoms with E-state index in [1.807, 2.05) is 0 Å². The van der Waals surface area contributed by atoms with Crippen molar-refractivity contribution >= 4 is 34.8 Å². The van der Waals surface area contributed by atoms with Crippen molar-refractivity contribution in [2.75, 3.05) is 51.1 Å². The highest BCUT2D eigenvalue weighted by molar-refractivity contribution is 8.04. The highest BCUT2D eigenvalue weighted by Gasteiger charge is 2.34. The summed E-state index contributed by atoms with van der Waals surface area (Å²) in [6, 6.07) is 5.68. The van der Waals surface area contributed by atoms with Gasteiger partial charge in [-0.3, -0.25) is 9.59 Å². The number of fused-ring (bicyclic) bond motifs is 1. The number of nitrogens with two attached hydrogens (primary N) is 1. The van der Waals surface area contributed by atoms with Gasteiger partial charge in [-0.2, -0.15) is 13.2 Å². The molecule has 1 fully saturated rings. The lowest BCUT2D eigenvalue weighted by molar-refractivity contribution is -0.141. The van der Waals surface area contributed by atoms with Crippen LogP contribution in [0.5, 0.6) is 0 Å². The maximum atomic E-state index is 13.1. The minimum absolute atomic E-state index is 0.197. The standard InChI is InChI=1S/C24H28F3N7O2S/c1-2-33-10-12-34(13-11-33)9-3-7-30-22(36)15-4-5-16-17(14-15)37-23(31-16)19(20(28)35)21-29-8-6-18(32-21)24(25,26)27/h4-6,8,14,31H,2-3,7,9-13H2,1H3,(H2,28,35)(H,30,36)/b23-19-. The highest BCUT2D eigenvalue weighted by atomic mass is 32.2. The molecule has 0 bridgehead atoms. The number of primary amides is 1. The number of aromatic nitrogens is 2. The predicted molar refractivity (Wildman–Crippen MR) is 135 cm³/mol. The van der Waals surface area contributed by atoms with Crippen LogP contribution < -0.4 is 16.4 Å². The average Bonchev–Trinajstić information content (AvgIpc) is 3.29. The normalized spacial score (nSPS) is 17.7. The van der Waals surface area contributed by atoms with Crippen molar-refractivity contribution in [1.82, 2.24) is 25.1 Å². The van der Waals surface area contributed by atoms with Crippen molar-refractivity contribution in [3.63, 3.8) is 0 Å². The number of likely N-dealkylation sites (N-methyl/N-ethyl adjacent to an activating group) is 1. The third-order valence-electron chi connectivity index (χ3n) is 6.20. The van der Waals surface area contributed by atoms with Crippen LogP contribution in [0.25, 0.3) is 5.57 Å². The van der Waals surface area contributed by atoms with Crippen molar-refractivity contribution in [1.29, 1.82) is 0 Å². The molecule has 2 aliphatic rings. The number of nitrogens with zero attached hydrogens (tertiary/aromatic N) is 4. The number of anilines is 1. The Morgan fingerprint density at radius 2 is 1.89 bits per heavy atom. The van der Waals surface area contributed by atoms with Gasteiger partial charge in [-0.1, -0.05) is 18.7 Å². The molecule has 13 heteroatoms. The largest absolute Gasteiger partial charge is 0.433 e. The molecule has 0 radical (unpaired) electrons. The van der Waals surface area contributed by atoms with Crippen LogP contribution in [0, 0.1) is 0 Å². The Morgan fingerprint density at radius 1 is 1.16 bits per heavy atom. The summed E-state index contributed by atoms with van der Waals surface area (Å²) in [5, 5.41) is 6.10. The second-order valence-electron chi connectivity index (χ2n) is 8.65. The van der Waals surface area contributed by atoms with E-state index in [0.717, 1.165) is 63.6 Å². The van der Waals surface area contributed by atoms with Gasteiger partial charge in [0.05, 0.1) is 10.7 Å². The molecule has 2 aromatic rings. The molecule has 0 spiro atoms. The van der Waals surface area contributed by atoms with Crippen molar-refractivity contribution in [2.45, 2.75) is 24.4 Å². The SMILES string of the molecule is CCN1CCN(CCCNC(=O)c2ccc3c(c2)S/C(=C(/C(N)=O)c2nccc(C(F)(F)F)n2)N3)CC1. The zero-order chi connectivity index (χ0) is 26.6. The molecule has 2 aliphatic heterocycles. The van der Waals surface area contributed by atoms with Crippen molar-refractivity contribution in [2.24, 2.45) is 5.73 Å². The Bertz CT molecular complexity index is 1200. The fourth-order valence-electron chi connectivity index (χ4n) is 4.12. The Kier molecular flexibility index (Phi) is 8.35. The smallest absolute Gasteiger partial charge is 0.365 e. The van der Waals surface area contributed by atoms with Crippen LogP contribution in [-0.4, -0.2) is 77.4 Å². The summed E-state index contributed by atoms with van der Waals surface area (Å²) in [4.78, 5) is 37.6. The fraction of sp³-hybridized carbons (Fsp3) is 0.417. The lowest BCUT2D eigenvalue weighted by Gasteiger charge is -2.33. The number of hydrogen-bond donors (Lipinski definition) is 3. The van der Waals surface area contributed by atoms with Gasteiger partial charge >= 0.3 is 6.18 Å². The molecule has 198 valence electrons. The highest BCUT2D eigenvalue weighted by Crippen LogP contribution is 2.44. The molecule has 9 nitrogen and oxygen atoms in total. The first-order chi connectivity index (χ1) is 17.7. The summed E-state index contributed by atoms with van der Waals surface area (Å²) in [6.07, 6.45) is -2.93. The van der Waals surface area contributed by atoms with Gasteiger partial charge < -0.3 is 26.2 Å². The van der Waals surface area contributed by atoms with Crippen LogP contribution in [0.1, 0.15) is 35.2 Å². The van der Waals surface area contributed by atoms with Crippen molar-refractivity contribution < 1.29 is 22.8 Å². The van der Waals surface area contributed by atoms with Gasteiger partial charge in [0.25, 0.3) is 11.8 Å². The number of nitrogens with one attached hydrogen (secondary N) is 2. The monoisotopic (exact) mass is 535 g/mol. The molecule has 1 aromatic carbocycles. The van der Waals surface area contributed by atoms with Gasteiger partial charge in [0.2, 0.25) is 0 Å². The topological polar surface area (TPSA) is 116 Å². The van der Waals surface area contributed by atoms with Gasteiger partial charge in [0.15, 0.2) is 5.82 Å². The first kappa shape index (κ1) is 26.9. The van der Waals surface area contributed by atoms with Gasteiger partial charge in [-0.25, -0.2) is 9.97 Å². The van der Waals surface area contributed by atoms with E-state index in [-0.39, 0.29) is 16.5 Å². The molecule has 3 heterocycles. The number of amides is 2. The number of rotatable bonds is 8. The summed E-state index contributed by atoms with van der Waals surface area (Å²) in [7, 11) is 0. The van der Waals surface area contributed by atoms with Crippen LogP contribution >= 0.6 is 11.8 Å². The van der Waals surface area contributed by atoms with Crippen LogP contribution in [-0.2, 0) is 11.0 Å². The molecule has 0 atom stereocenters. The summed E-state index contributed by atoms with van der Waals surface area (Å²) in [5.41, 5.74) is 5.05. The van der Waals surface area contributed by atoms with Gasteiger partial charge in [0, 0.05) is 49.4 Å². The number of alkyl halides is 3. The molecule has 0 saturated carbocycles. The first-order valence-corrected chi connectivity index (χ1v) is 12.7. The van der Waals surface area contributed by atoms with E-state index in [2.05, 4.69) is 37.3 Å². The van der Waals surface area contributed by atoms with E-state index in [4.69, 9.17) is 5.73 Å². The van der Waals surface area contributed by atoms with E-state index >= 15 is 0 Å². The number of carbonyl (C=O) groups is 2. The number of carbonyl (C=O) groups excluding carboxylic acids is 2. The lowest BCUT2D eigenvalue weighted by Crippen LogP contribution is -2.46. The van der Waals surface area contributed by atoms with E-state index in [1.165, 1.54) is 0 Å². The average molecular weight is 536 g/mol. The Labute approximate surface area is 216 Å². The van der Waals surface area contributed by atoms with Crippen molar-refractivity contribution in [3.05, 3.63) is 52.6 Å². The molecular formula is C24H28F3N7O2S. The van der Waals surface area contributed by atoms with Crippen molar-refractivity contribution in [3.8, 4) is 0 Å². The zero-order valence-corrected chi connectivity index (χ0v) is 21.1. The van der Waals surface area contributed by atoms with Crippen LogP contribution in [0.3, 0.4) is 0 Å². The second-order valence-corrected chi connectivity index (χ2v) is 9.71. The molecule has 0 aliphatic carbocycles. The predicted octanol–water partition coefficient (Wildman–Crippen LogP) is 2.62. The molecule has 4 N–H and O–H groups in total. The Hall–Kier alpha value is -3.16. The number of hydrogen-bond acceptors (Lipinski definition) is 8. The zero-order valence-electron chi connectivity index (χ0n) is 20.3. The third kappa shape index (κ3) is 6.59. The molecule has 2 amide bonds. The molecule has 1 aromatic heterocycles. The third-order valence-corrected chi connectivity index (χ3v) is 7.26. The summed E-state index contributed by atoms with van der Waals surface area (Å²) in [6.45, 7) is 8.89. The lowest BCUT2D eigenvalue weighted by atomic mass is 10.2. The molecular weight excluding hydrogens is 507 g/mol. The Morgan fingerprint density at radius 3 is 2.57 bits per heavy atom. The first-order valence-electron chi connectivity index (χ1n) is 11.9. The number of benzene rings is 1. The quantitative estimate of drug-likeness (QED) is 0.349. The Balaban J connectivity index is 1.39. The maximum Gasteiger partial charge on any atom is 0.433 e. The maximum absolute atomic E-state index is 13.1. The van der Waals surface area contributed by atoms with E-state index in [9.17, 15) is 22.8 Å². The number of thioether (sulfide) groups is 1. The number of piperazine rings is 1. The summed E-state index contributed by atoms with van der Waals surface area (Å²) < 4.78 is 39.3. The van der Waals surface area contributed by atoms with Crippen LogP contribution in [0.2, 0.25) is 0 Å². The van der Waals surface area contributed by atoms with Crippen LogP contribution in [0.15, 0.2) is 40.4 Å². The minimum Gasteiger partial charge on any atom is -0.365 e. The van der Waals surface area contributed by atoms with Gasteiger partial charge in [-0.05, 0) is 43.8 Å². The van der Waals surface area contributed by atoms with E-state index < -0.39 is 23.6 Å². The molecule has 4 rings (SSSR count). The van der Waals surface area contributed by atoms with E-state index in [1.54, 1.807) is 18.2 Å². The molecule has 37 heavy (non-hydrogen) atoms. The molecule has 1 saturated heterocycles. The van der Waals surface area contributed by atoms with Crippen LogP contribution in [0.4, 0.5) is 18.9 Å². The summed E-state index contributed by atoms with van der Waals surface area (Å²) >= 11 is 1.08. The van der Waals surface area contributed by atoms with E-state index in [0.29, 0.717) is 28.8 Å². The second kappa shape index (κ2) is 11.5. The summed E-state index contributed by atoms with van der Waals surface area (Å²) in [5.74, 6) is -1.64. The molecule has 0 unspecified atom stereocenters. The van der Waals surface area contributed by atoms with Gasteiger partial charge in [-0.15, -0.1) is 0 Å². The van der Waals surface area contributed by atoms with Gasteiger partial charge in [0.1, 0.15) is 11.3 Å².